The van der Waals surface area contributed by atoms with E-state index in [1.54, 1.807) is 6.92 Å². The fraction of sp³-hybridized carbons (Fsp3) is 0.250. The molecular weight excluding hydrogens is 378 g/mol. The molecule has 0 N–H and O–H groups in total. The first-order chi connectivity index (χ1) is 11.5. The van der Waals surface area contributed by atoms with Gasteiger partial charge < -0.3 is 9.64 Å². The van der Waals surface area contributed by atoms with Crippen LogP contribution in [0.3, 0.4) is 0 Å². The van der Waals surface area contributed by atoms with E-state index in [9.17, 15) is 14.9 Å². The number of aromatic nitrogens is 1. The van der Waals surface area contributed by atoms with Crippen LogP contribution in [0.1, 0.15) is 12.5 Å². The van der Waals surface area contributed by atoms with Crippen LogP contribution in [-0.4, -0.2) is 29.0 Å². The number of carbonyl (C=O) groups excluding carboxylic acids is 1. The molecule has 0 bridgehead atoms. The highest BCUT2D eigenvalue weighted by atomic mass is 79.9. The second-order valence-corrected chi connectivity index (χ2v) is 5.82. The normalized spacial score (nSPS) is 10.2. The number of benzene rings is 1. The lowest BCUT2D eigenvalue weighted by molar-refractivity contribution is -0.384. The summed E-state index contributed by atoms with van der Waals surface area (Å²) in [6, 6.07) is 10.7. The van der Waals surface area contributed by atoms with Crippen molar-refractivity contribution in [3.63, 3.8) is 0 Å². The van der Waals surface area contributed by atoms with Gasteiger partial charge >= 0.3 is 11.7 Å². The summed E-state index contributed by atoms with van der Waals surface area (Å²) in [6.45, 7) is 2.13. The summed E-state index contributed by atoms with van der Waals surface area (Å²) in [5, 5.41) is 11.3. The third kappa shape index (κ3) is 4.76. The number of hydrogen-bond donors (Lipinski definition) is 0. The van der Waals surface area contributed by atoms with Crippen molar-refractivity contribution in [2.24, 2.45) is 0 Å². The Kier molecular flexibility index (Phi) is 6.25. The lowest BCUT2D eigenvalue weighted by Crippen LogP contribution is -2.31. The van der Waals surface area contributed by atoms with E-state index in [4.69, 9.17) is 4.74 Å². The molecule has 8 heteroatoms. The second kappa shape index (κ2) is 8.39. The highest BCUT2D eigenvalue weighted by Gasteiger charge is 2.24. The topological polar surface area (TPSA) is 85.6 Å². The summed E-state index contributed by atoms with van der Waals surface area (Å²) in [5.41, 5.74) is 0.727. The first-order valence-corrected chi connectivity index (χ1v) is 8.05. The molecule has 0 atom stereocenters. The molecule has 0 fully saturated rings. The van der Waals surface area contributed by atoms with E-state index in [-0.39, 0.29) is 24.7 Å². The summed E-state index contributed by atoms with van der Waals surface area (Å²) in [6.07, 6.45) is 1.46. The Morgan fingerprint density at radius 1 is 1.38 bits per heavy atom. The number of ether oxygens (including phenoxy) is 1. The van der Waals surface area contributed by atoms with Crippen LogP contribution in [-0.2, 0) is 16.1 Å². The van der Waals surface area contributed by atoms with Gasteiger partial charge in [-0.3, -0.25) is 14.9 Å². The first kappa shape index (κ1) is 17.9. The molecule has 0 saturated heterocycles. The van der Waals surface area contributed by atoms with E-state index in [0.29, 0.717) is 11.0 Å². The average molecular weight is 394 g/mol. The third-order valence-electron chi connectivity index (χ3n) is 3.15. The molecule has 0 spiro atoms. The van der Waals surface area contributed by atoms with Crippen molar-refractivity contribution in [2.45, 2.75) is 13.5 Å². The van der Waals surface area contributed by atoms with Gasteiger partial charge in [-0.2, -0.15) is 0 Å². The SMILES string of the molecule is CCOC(=O)CN(Cc1ccccc1)c1ncc(Br)cc1[N+](=O)[O-]. The minimum Gasteiger partial charge on any atom is -0.465 e. The zero-order valence-electron chi connectivity index (χ0n) is 13.0. The van der Waals surface area contributed by atoms with Crippen molar-refractivity contribution < 1.29 is 14.5 Å². The van der Waals surface area contributed by atoms with Crippen molar-refractivity contribution in [3.8, 4) is 0 Å². The molecule has 2 rings (SSSR count). The van der Waals surface area contributed by atoms with E-state index in [2.05, 4.69) is 20.9 Å². The zero-order chi connectivity index (χ0) is 17.5. The Balaban J connectivity index is 2.38. The van der Waals surface area contributed by atoms with E-state index >= 15 is 0 Å². The van der Waals surface area contributed by atoms with Crippen LogP contribution in [0.15, 0.2) is 47.1 Å². The average Bonchev–Trinajstić information content (AvgIpc) is 2.55. The molecule has 0 saturated carbocycles. The van der Waals surface area contributed by atoms with E-state index < -0.39 is 10.9 Å². The van der Waals surface area contributed by atoms with E-state index in [1.807, 2.05) is 30.3 Å². The maximum Gasteiger partial charge on any atom is 0.325 e. The van der Waals surface area contributed by atoms with Crippen LogP contribution < -0.4 is 4.90 Å². The quantitative estimate of drug-likeness (QED) is 0.407. The van der Waals surface area contributed by atoms with Gasteiger partial charge in [0.15, 0.2) is 0 Å². The molecule has 0 radical (unpaired) electrons. The lowest BCUT2D eigenvalue weighted by atomic mass is 10.2. The fourth-order valence-corrected chi connectivity index (χ4v) is 2.49. The standard InChI is InChI=1S/C16H16BrN3O4/c1-2-24-15(21)11-19(10-12-6-4-3-5-7-12)16-14(20(22)23)8-13(17)9-18-16/h3-9H,2,10-11H2,1H3. The number of halogens is 1. The molecule has 126 valence electrons. The van der Waals surface area contributed by atoms with E-state index in [1.165, 1.54) is 17.2 Å². The van der Waals surface area contributed by atoms with Gasteiger partial charge in [-0.25, -0.2) is 4.98 Å². The molecular formula is C16H16BrN3O4. The number of esters is 1. The summed E-state index contributed by atoms with van der Waals surface area (Å²) in [7, 11) is 0. The maximum absolute atomic E-state index is 11.9. The molecule has 1 aromatic heterocycles. The Labute approximate surface area is 147 Å². The van der Waals surface area contributed by atoms with Crippen LogP contribution in [0.2, 0.25) is 0 Å². The first-order valence-electron chi connectivity index (χ1n) is 7.25. The highest BCUT2D eigenvalue weighted by Crippen LogP contribution is 2.29. The monoisotopic (exact) mass is 393 g/mol. The number of hydrogen-bond acceptors (Lipinski definition) is 6. The summed E-state index contributed by atoms with van der Waals surface area (Å²) in [4.78, 5) is 28.4. The Morgan fingerprint density at radius 3 is 2.71 bits per heavy atom. The van der Waals surface area contributed by atoms with Crippen LogP contribution in [0.25, 0.3) is 0 Å². The molecule has 0 aliphatic rings. The molecule has 24 heavy (non-hydrogen) atoms. The smallest absolute Gasteiger partial charge is 0.325 e. The summed E-state index contributed by atoms with van der Waals surface area (Å²) >= 11 is 3.18. The fourth-order valence-electron chi connectivity index (χ4n) is 2.17. The molecule has 7 nitrogen and oxygen atoms in total. The van der Waals surface area contributed by atoms with Crippen LogP contribution in [0.4, 0.5) is 11.5 Å². The van der Waals surface area contributed by atoms with Gasteiger partial charge in [-0.05, 0) is 28.4 Å². The van der Waals surface area contributed by atoms with Gasteiger partial charge in [0.2, 0.25) is 5.82 Å². The summed E-state index contributed by atoms with van der Waals surface area (Å²) in [5.74, 6) is -0.340. The van der Waals surface area contributed by atoms with Gasteiger partial charge in [0, 0.05) is 23.3 Å². The minimum atomic E-state index is -0.518. The minimum absolute atomic E-state index is 0.125. The summed E-state index contributed by atoms with van der Waals surface area (Å²) < 4.78 is 5.46. The number of anilines is 1. The zero-order valence-corrected chi connectivity index (χ0v) is 14.6. The number of nitrogens with zero attached hydrogens (tertiary/aromatic N) is 3. The third-order valence-corrected chi connectivity index (χ3v) is 3.59. The predicted molar refractivity (Wildman–Crippen MR) is 92.7 cm³/mol. The van der Waals surface area contributed by atoms with Crippen molar-refractivity contribution in [3.05, 3.63) is 62.7 Å². The molecule has 1 aromatic carbocycles. The largest absolute Gasteiger partial charge is 0.465 e. The maximum atomic E-state index is 11.9. The van der Waals surface area contributed by atoms with Crippen LogP contribution >= 0.6 is 15.9 Å². The number of nitro groups is 1. The molecule has 0 aliphatic heterocycles. The van der Waals surface area contributed by atoms with Crippen LogP contribution in [0.5, 0.6) is 0 Å². The molecule has 2 aromatic rings. The Hall–Kier alpha value is -2.48. The van der Waals surface area contributed by atoms with Crippen LogP contribution in [0, 0.1) is 10.1 Å². The number of carbonyl (C=O) groups is 1. The van der Waals surface area contributed by atoms with Crippen molar-refractivity contribution in [1.82, 2.24) is 4.98 Å². The lowest BCUT2D eigenvalue weighted by Gasteiger charge is -2.22. The predicted octanol–water partition coefficient (Wildman–Crippen LogP) is 3.32. The van der Waals surface area contributed by atoms with Gasteiger partial charge in [0.05, 0.1) is 11.5 Å². The Bertz CT molecular complexity index is 725. The molecule has 0 unspecified atom stereocenters. The van der Waals surface area contributed by atoms with E-state index in [0.717, 1.165) is 5.56 Å². The number of rotatable bonds is 7. The molecule has 0 aliphatic carbocycles. The molecule has 0 amide bonds. The van der Waals surface area contributed by atoms with Crippen molar-refractivity contribution >= 4 is 33.4 Å². The van der Waals surface area contributed by atoms with Crippen molar-refractivity contribution in [2.75, 3.05) is 18.1 Å². The second-order valence-electron chi connectivity index (χ2n) is 4.90. The Morgan fingerprint density at radius 2 is 2.08 bits per heavy atom. The number of pyridine rings is 1. The highest BCUT2D eigenvalue weighted by molar-refractivity contribution is 9.10. The van der Waals surface area contributed by atoms with Gasteiger partial charge in [-0.15, -0.1) is 0 Å². The van der Waals surface area contributed by atoms with Gasteiger partial charge in [-0.1, -0.05) is 30.3 Å². The van der Waals surface area contributed by atoms with Crippen molar-refractivity contribution in [1.29, 1.82) is 0 Å². The molecule has 1 heterocycles. The van der Waals surface area contributed by atoms with Gasteiger partial charge in [0.25, 0.3) is 0 Å². The van der Waals surface area contributed by atoms with Gasteiger partial charge in [0.1, 0.15) is 6.54 Å².